The molecule has 1 N–H and O–H groups in total. The average molecular weight is 269 g/mol. The Morgan fingerprint density at radius 3 is 2.40 bits per heavy atom. The van der Waals surface area contributed by atoms with Crippen LogP contribution in [0.25, 0.3) is 0 Å². The zero-order chi connectivity index (χ0) is 13.8. The largest absolute Gasteiger partial charge is 0.508 e. The van der Waals surface area contributed by atoms with Crippen LogP contribution in [0.3, 0.4) is 0 Å². The van der Waals surface area contributed by atoms with Gasteiger partial charge in [0.2, 0.25) is 0 Å². The lowest BCUT2D eigenvalue weighted by Gasteiger charge is -2.35. The maximum Gasteiger partial charge on any atom is 0.128 e. The van der Waals surface area contributed by atoms with Crippen LogP contribution in [0.2, 0.25) is 0 Å². The highest BCUT2D eigenvalue weighted by atomic mass is 16.3. The van der Waals surface area contributed by atoms with Gasteiger partial charge in [0.05, 0.1) is 0 Å². The van der Waals surface area contributed by atoms with Crippen molar-refractivity contribution in [2.45, 2.75) is 6.54 Å². The smallest absolute Gasteiger partial charge is 0.128 e. The van der Waals surface area contributed by atoms with E-state index in [1.807, 2.05) is 36.5 Å². The first-order valence-corrected chi connectivity index (χ1v) is 6.98. The number of piperazine rings is 1. The van der Waals surface area contributed by atoms with Crippen molar-refractivity contribution in [2.24, 2.45) is 0 Å². The molecule has 2 heterocycles. The van der Waals surface area contributed by atoms with E-state index in [-0.39, 0.29) is 0 Å². The van der Waals surface area contributed by atoms with E-state index in [2.05, 4.69) is 20.9 Å². The summed E-state index contributed by atoms with van der Waals surface area (Å²) in [6, 6.07) is 13.6. The Morgan fingerprint density at radius 1 is 0.950 bits per heavy atom. The standard InChI is InChI=1S/C16H19N3O/c20-15-6-2-1-5-14(15)13-18-9-11-19(12-10-18)16-7-3-4-8-17-16/h1-8,20H,9-13H2. The molecule has 1 saturated heterocycles. The third-order valence-electron chi connectivity index (χ3n) is 3.73. The van der Waals surface area contributed by atoms with Gasteiger partial charge in [-0.1, -0.05) is 24.3 Å². The van der Waals surface area contributed by atoms with Gasteiger partial charge in [0.1, 0.15) is 11.6 Å². The third-order valence-corrected chi connectivity index (χ3v) is 3.73. The van der Waals surface area contributed by atoms with Crippen LogP contribution < -0.4 is 4.90 Å². The maximum absolute atomic E-state index is 9.82. The second kappa shape index (κ2) is 5.92. The summed E-state index contributed by atoms with van der Waals surface area (Å²) < 4.78 is 0. The van der Waals surface area contributed by atoms with Crippen molar-refractivity contribution in [1.82, 2.24) is 9.88 Å². The lowest BCUT2D eigenvalue weighted by molar-refractivity contribution is 0.246. The number of phenolic OH excluding ortho intramolecular Hbond substituents is 1. The first kappa shape index (κ1) is 12.9. The number of benzene rings is 1. The molecule has 1 aromatic carbocycles. The van der Waals surface area contributed by atoms with Gasteiger partial charge in [0.25, 0.3) is 0 Å². The summed E-state index contributed by atoms with van der Waals surface area (Å²) in [4.78, 5) is 9.07. The zero-order valence-corrected chi connectivity index (χ0v) is 11.4. The van der Waals surface area contributed by atoms with E-state index in [9.17, 15) is 5.11 Å². The fourth-order valence-electron chi connectivity index (χ4n) is 2.56. The number of hydrogen-bond acceptors (Lipinski definition) is 4. The van der Waals surface area contributed by atoms with Crippen molar-refractivity contribution in [3.8, 4) is 5.75 Å². The van der Waals surface area contributed by atoms with E-state index < -0.39 is 0 Å². The SMILES string of the molecule is Oc1ccccc1CN1CCN(c2ccccn2)CC1. The molecule has 2 aromatic rings. The molecule has 1 aromatic heterocycles. The molecule has 0 spiro atoms. The van der Waals surface area contributed by atoms with E-state index in [0.29, 0.717) is 5.75 Å². The van der Waals surface area contributed by atoms with Crippen molar-refractivity contribution in [3.05, 3.63) is 54.2 Å². The van der Waals surface area contributed by atoms with E-state index in [0.717, 1.165) is 44.1 Å². The molecule has 0 bridgehead atoms. The lowest BCUT2D eigenvalue weighted by Crippen LogP contribution is -2.46. The summed E-state index contributed by atoms with van der Waals surface area (Å²) in [6.45, 7) is 4.74. The monoisotopic (exact) mass is 269 g/mol. The topological polar surface area (TPSA) is 39.6 Å². The molecule has 0 saturated carbocycles. The molecule has 0 amide bonds. The van der Waals surface area contributed by atoms with Crippen LogP contribution in [0.5, 0.6) is 5.75 Å². The highest BCUT2D eigenvalue weighted by molar-refractivity contribution is 5.38. The summed E-state index contributed by atoms with van der Waals surface area (Å²) in [7, 11) is 0. The first-order valence-electron chi connectivity index (χ1n) is 6.98. The van der Waals surface area contributed by atoms with Crippen LogP contribution in [-0.2, 0) is 6.54 Å². The van der Waals surface area contributed by atoms with Crippen molar-refractivity contribution in [3.63, 3.8) is 0 Å². The molecule has 4 nitrogen and oxygen atoms in total. The molecular formula is C16H19N3O. The Kier molecular flexibility index (Phi) is 3.83. The lowest BCUT2D eigenvalue weighted by atomic mass is 10.1. The Bertz CT molecular complexity index is 551. The Labute approximate surface area is 119 Å². The minimum atomic E-state index is 0.389. The van der Waals surface area contributed by atoms with Crippen LogP contribution >= 0.6 is 0 Å². The molecule has 1 fully saturated rings. The fourth-order valence-corrected chi connectivity index (χ4v) is 2.56. The molecule has 20 heavy (non-hydrogen) atoms. The molecule has 0 aliphatic carbocycles. The number of para-hydroxylation sites is 1. The number of aromatic hydroxyl groups is 1. The van der Waals surface area contributed by atoms with E-state index >= 15 is 0 Å². The summed E-state index contributed by atoms with van der Waals surface area (Å²) in [6.07, 6.45) is 1.84. The van der Waals surface area contributed by atoms with Gasteiger partial charge in [-0.05, 0) is 18.2 Å². The molecule has 4 heteroatoms. The summed E-state index contributed by atoms with van der Waals surface area (Å²) in [5.74, 6) is 1.44. The van der Waals surface area contributed by atoms with E-state index in [1.54, 1.807) is 6.07 Å². The number of hydrogen-bond donors (Lipinski definition) is 1. The van der Waals surface area contributed by atoms with Gasteiger partial charge in [-0.15, -0.1) is 0 Å². The fraction of sp³-hybridized carbons (Fsp3) is 0.312. The second-order valence-corrected chi connectivity index (χ2v) is 5.08. The average Bonchev–Trinajstić information content (AvgIpc) is 2.51. The molecule has 0 atom stereocenters. The molecule has 0 radical (unpaired) electrons. The molecule has 3 rings (SSSR count). The van der Waals surface area contributed by atoms with Gasteiger partial charge < -0.3 is 10.0 Å². The van der Waals surface area contributed by atoms with Gasteiger partial charge in [-0.3, -0.25) is 4.90 Å². The Balaban J connectivity index is 1.58. The van der Waals surface area contributed by atoms with Gasteiger partial charge in [-0.2, -0.15) is 0 Å². The van der Waals surface area contributed by atoms with Crippen molar-refractivity contribution in [2.75, 3.05) is 31.1 Å². The molecule has 1 aliphatic rings. The van der Waals surface area contributed by atoms with Gasteiger partial charge >= 0.3 is 0 Å². The van der Waals surface area contributed by atoms with Crippen LogP contribution in [0.1, 0.15) is 5.56 Å². The van der Waals surface area contributed by atoms with Gasteiger partial charge in [0, 0.05) is 44.5 Å². The van der Waals surface area contributed by atoms with Crippen molar-refractivity contribution < 1.29 is 5.11 Å². The predicted octanol–water partition coefficient (Wildman–Crippen LogP) is 2.11. The summed E-state index contributed by atoms with van der Waals surface area (Å²) >= 11 is 0. The predicted molar refractivity (Wildman–Crippen MR) is 79.8 cm³/mol. The van der Waals surface area contributed by atoms with Crippen LogP contribution in [0.4, 0.5) is 5.82 Å². The van der Waals surface area contributed by atoms with Gasteiger partial charge in [-0.25, -0.2) is 4.98 Å². The number of rotatable bonds is 3. The number of pyridine rings is 1. The quantitative estimate of drug-likeness (QED) is 0.926. The maximum atomic E-state index is 9.82. The number of phenols is 1. The van der Waals surface area contributed by atoms with Crippen LogP contribution in [-0.4, -0.2) is 41.2 Å². The molecular weight excluding hydrogens is 250 g/mol. The minimum absolute atomic E-state index is 0.389. The normalized spacial score (nSPS) is 16.3. The third kappa shape index (κ3) is 2.91. The Hall–Kier alpha value is -2.07. The number of aromatic nitrogens is 1. The Morgan fingerprint density at radius 2 is 1.70 bits per heavy atom. The highest BCUT2D eigenvalue weighted by Crippen LogP contribution is 2.19. The van der Waals surface area contributed by atoms with Crippen molar-refractivity contribution >= 4 is 5.82 Å². The highest BCUT2D eigenvalue weighted by Gasteiger charge is 2.18. The number of nitrogens with zero attached hydrogens (tertiary/aromatic N) is 3. The van der Waals surface area contributed by atoms with Gasteiger partial charge in [0.15, 0.2) is 0 Å². The zero-order valence-electron chi connectivity index (χ0n) is 11.4. The molecule has 1 aliphatic heterocycles. The molecule has 104 valence electrons. The van der Waals surface area contributed by atoms with Crippen molar-refractivity contribution in [1.29, 1.82) is 0 Å². The van der Waals surface area contributed by atoms with Crippen LogP contribution in [0, 0.1) is 0 Å². The summed E-state index contributed by atoms with van der Waals surface area (Å²) in [5.41, 5.74) is 0.999. The molecule has 0 unspecified atom stereocenters. The van der Waals surface area contributed by atoms with E-state index in [1.165, 1.54) is 0 Å². The van der Waals surface area contributed by atoms with Crippen LogP contribution in [0.15, 0.2) is 48.7 Å². The first-order chi connectivity index (χ1) is 9.83. The second-order valence-electron chi connectivity index (χ2n) is 5.08. The number of anilines is 1. The van der Waals surface area contributed by atoms with E-state index in [4.69, 9.17) is 0 Å². The minimum Gasteiger partial charge on any atom is -0.508 e. The summed E-state index contributed by atoms with van der Waals surface area (Å²) in [5, 5.41) is 9.82.